The summed E-state index contributed by atoms with van der Waals surface area (Å²) in [5, 5.41) is 8.84. The second-order valence-electron chi connectivity index (χ2n) is 4.92. The van der Waals surface area contributed by atoms with E-state index in [1.54, 1.807) is 7.11 Å². The number of allylic oxidation sites excluding steroid dienone is 1. The van der Waals surface area contributed by atoms with Gasteiger partial charge in [0.1, 0.15) is 5.75 Å². The van der Waals surface area contributed by atoms with Crippen molar-refractivity contribution in [2.45, 2.75) is 12.8 Å². The van der Waals surface area contributed by atoms with Gasteiger partial charge in [0.05, 0.1) is 18.7 Å². The van der Waals surface area contributed by atoms with Crippen molar-refractivity contribution < 1.29 is 4.74 Å². The Bertz CT molecular complexity index is 705. The van der Waals surface area contributed by atoms with Gasteiger partial charge in [0, 0.05) is 0 Å². The monoisotopic (exact) mass is 261 g/mol. The van der Waals surface area contributed by atoms with Crippen LogP contribution >= 0.6 is 0 Å². The van der Waals surface area contributed by atoms with Crippen LogP contribution in [0.1, 0.15) is 28.7 Å². The molecule has 1 aliphatic rings. The van der Waals surface area contributed by atoms with E-state index < -0.39 is 0 Å². The average Bonchev–Trinajstić information content (AvgIpc) is 2.54. The Labute approximate surface area is 118 Å². The fourth-order valence-electron chi connectivity index (χ4n) is 2.58. The third-order valence-corrected chi connectivity index (χ3v) is 3.73. The second kappa shape index (κ2) is 5.22. The van der Waals surface area contributed by atoms with E-state index in [4.69, 9.17) is 10.00 Å². The molecule has 98 valence electrons. The topological polar surface area (TPSA) is 33.0 Å². The van der Waals surface area contributed by atoms with E-state index in [1.165, 1.54) is 22.3 Å². The third kappa shape index (κ3) is 2.31. The Kier molecular flexibility index (Phi) is 3.26. The number of rotatable bonds is 2. The molecule has 0 saturated carbocycles. The van der Waals surface area contributed by atoms with Gasteiger partial charge in [-0.2, -0.15) is 5.26 Å². The highest BCUT2D eigenvalue weighted by molar-refractivity contribution is 5.84. The fourth-order valence-corrected chi connectivity index (χ4v) is 2.58. The zero-order chi connectivity index (χ0) is 13.9. The minimum absolute atomic E-state index is 0.704. The first-order chi connectivity index (χ1) is 9.80. The molecule has 20 heavy (non-hydrogen) atoms. The summed E-state index contributed by atoms with van der Waals surface area (Å²) >= 11 is 0. The van der Waals surface area contributed by atoms with Crippen molar-refractivity contribution in [2.24, 2.45) is 0 Å². The van der Waals surface area contributed by atoms with Gasteiger partial charge in [-0.3, -0.25) is 0 Å². The molecule has 0 saturated heterocycles. The van der Waals surface area contributed by atoms with Crippen molar-refractivity contribution in [3.05, 3.63) is 64.7 Å². The van der Waals surface area contributed by atoms with Gasteiger partial charge in [-0.25, -0.2) is 0 Å². The molecule has 3 rings (SSSR count). The molecule has 0 bridgehead atoms. The molecule has 0 unspecified atom stereocenters. The van der Waals surface area contributed by atoms with Gasteiger partial charge < -0.3 is 4.74 Å². The van der Waals surface area contributed by atoms with Crippen LogP contribution in [-0.2, 0) is 6.42 Å². The average molecular weight is 261 g/mol. The van der Waals surface area contributed by atoms with Crippen LogP contribution < -0.4 is 4.74 Å². The Balaban J connectivity index is 1.95. The minimum Gasteiger partial charge on any atom is -0.497 e. The van der Waals surface area contributed by atoms with Crippen LogP contribution in [0.3, 0.4) is 0 Å². The number of nitrogens with zero attached hydrogens (tertiary/aromatic N) is 1. The molecule has 0 aliphatic heterocycles. The molecule has 0 heterocycles. The summed E-state index contributed by atoms with van der Waals surface area (Å²) in [4.78, 5) is 0. The molecule has 0 N–H and O–H groups in total. The van der Waals surface area contributed by atoms with Crippen LogP contribution in [0, 0.1) is 11.3 Å². The molecule has 0 fully saturated rings. The zero-order valence-electron chi connectivity index (χ0n) is 11.4. The van der Waals surface area contributed by atoms with Gasteiger partial charge in [-0.05, 0) is 59.4 Å². The normalized spacial score (nSPS) is 13.1. The van der Waals surface area contributed by atoms with Gasteiger partial charge in [-0.1, -0.05) is 24.3 Å². The summed E-state index contributed by atoms with van der Waals surface area (Å²) in [7, 11) is 1.70. The number of benzene rings is 2. The quantitative estimate of drug-likeness (QED) is 0.817. The van der Waals surface area contributed by atoms with Crippen LogP contribution in [0.25, 0.3) is 11.6 Å². The number of nitriles is 1. The van der Waals surface area contributed by atoms with Crippen LogP contribution in [-0.4, -0.2) is 7.11 Å². The summed E-state index contributed by atoms with van der Waals surface area (Å²) in [6.45, 7) is 0. The lowest BCUT2D eigenvalue weighted by Gasteiger charge is -2.17. The standard InChI is InChI=1S/C18H15NO/c1-20-18-9-8-16-10-15(6-7-17(16)11-18)14-4-2-13(12-19)3-5-14/h2-5,8-11H,6-7H2,1H3. The van der Waals surface area contributed by atoms with Crippen molar-refractivity contribution in [2.75, 3.05) is 7.11 Å². The number of hydrogen-bond donors (Lipinski definition) is 0. The predicted octanol–water partition coefficient (Wildman–Crippen LogP) is 4.05. The van der Waals surface area contributed by atoms with E-state index in [0.29, 0.717) is 5.56 Å². The summed E-state index contributed by atoms with van der Waals surface area (Å²) in [5.41, 5.74) is 5.83. The summed E-state index contributed by atoms with van der Waals surface area (Å²) in [6, 6.07) is 16.2. The summed E-state index contributed by atoms with van der Waals surface area (Å²) < 4.78 is 5.27. The van der Waals surface area contributed by atoms with Gasteiger partial charge in [0.25, 0.3) is 0 Å². The predicted molar refractivity (Wildman–Crippen MR) is 80.3 cm³/mol. The largest absolute Gasteiger partial charge is 0.497 e. The van der Waals surface area contributed by atoms with Crippen LogP contribution in [0.15, 0.2) is 42.5 Å². The Hall–Kier alpha value is -2.53. The van der Waals surface area contributed by atoms with E-state index in [-0.39, 0.29) is 0 Å². The smallest absolute Gasteiger partial charge is 0.119 e. The highest BCUT2D eigenvalue weighted by atomic mass is 16.5. The molecule has 0 aromatic heterocycles. The molecular weight excluding hydrogens is 246 g/mol. The molecule has 2 nitrogen and oxygen atoms in total. The summed E-state index contributed by atoms with van der Waals surface area (Å²) in [5.74, 6) is 0.916. The molecule has 1 aliphatic carbocycles. The maximum Gasteiger partial charge on any atom is 0.119 e. The highest BCUT2D eigenvalue weighted by Gasteiger charge is 2.12. The summed E-state index contributed by atoms with van der Waals surface area (Å²) in [6.07, 6.45) is 4.28. The Morgan fingerprint density at radius 3 is 2.55 bits per heavy atom. The van der Waals surface area contributed by atoms with Gasteiger partial charge >= 0.3 is 0 Å². The lowest BCUT2D eigenvalue weighted by molar-refractivity contribution is 0.414. The van der Waals surface area contributed by atoms with E-state index in [1.807, 2.05) is 30.3 Å². The van der Waals surface area contributed by atoms with Crippen molar-refractivity contribution in [1.82, 2.24) is 0 Å². The molecule has 2 heteroatoms. The Morgan fingerprint density at radius 2 is 1.85 bits per heavy atom. The van der Waals surface area contributed by atoms with Crippen LogP contribution in [0.4, 0.5) is 0 Å². The fraction of sp³-hybridized carbons (Fsp3) is 0.167. The SMILES string of the molecule is COc1ccc2c(c1)CCC(c1ccc(C#N)cc1)=C2. The molecule has 0 radical (unpaired) electrons. The second-order valence-corrected chi connectivity index (χ2v) is 4.92. The van der Waals surface area contributed by atoms with Crippen molar-refractivity contribution in [3.8, 4) is 11.8 Å². The maximum absolute atomic E-state index is 8.84. The molecule has 0 spiro atoms. The number of hydrogen-bond acceptors (Lipinski definition) is 2. The van der Waals surface area contributed by atoms with Crippen LogP contribution in [0.5, 0.6) is 5.75 Å². The maximum atomic E-state index is 8.84. The van der Waals surface area contributed by atoms with Crippen molar-refractivity contribution >= 4 is 11.6 Å². The van der Waals surface area contributed by atoms with E-state index in [9.17, 15) is 0 Å². The van der Waals surface area contributed by atoms with Crippen molar-refractivity contribution in [1.29, 1.82) is 5.26 Å². The lowest BCUT2D eigenvalue weighted by Crippen LogP contribution is -1.99. The third-order valence-electron chi connectivity index (χ3n) is 3.73. The van der Waals surface area contributed by atoms with Crippen LogP contribution in [0.2, 0.25) is 0 Å². The first-order valence-electron chi connectivity index (χ1n) is 6.68. The molecule has 0 amide bonds. The first kappa shape index (κ1) is 12.5. The molecular formula is C18H15NO. The number of ether oxygens (including phenoxy) is 1. The molecule has 2 aromatic carbocycles. The van der Waals surface area contributed by atoms with Gasteiger partial charge in [0.2, 0.25) is 0 Å². The molecule has 2 aromatic rings. The zero-order valence-corrected chi connectivity index (χ0v) is 11.4. The highest BCUT2D eigenvalue weighted by Crippen LogP contribution is 2.32. The number of aryl methyl sites for hydroxylation is 1. The Morgan fingerprint density at radius 1 is 1.05 bits per heavy atom. The van der Waals surface area contributed by atoms with E-state index in [2.05, 4.69) is 24.3 Å². The number of methoxy groups -OCH3 is 1. The minimum atomic E-state index is 0.704. The van der Waals surface area contributed by atoms with Crippen molar-refractivity contribution in [3.63, 3.8) is 0 Å². The van der Waals surface area contributed by atoms with Gasteiger partial charge in [0.15, 0.2) is 0 Å². The number of fused-ring (bicyclic) bond motifs is 1. The van der Waals surface area contributed by atoms with E-state index >= 15 is 0 Å². The van der Waals surface area contributed by atoms with Gasteiger partial charge in [-0.15, -0.1) is 0 Å². The van der Waals surface area contributed by atoms with E-state index in [0.717, 1.165) is 18.6 Å². The first-order valence-corrected chi connectivity index (χ1v) is 6.68. The lowest BCUT2D eigenvalue weighted by atomic mass is 9.88. The molecule has 0 atom stereocenters.